The van der Waals surface area contributed by atoms with E-state index in [9.17, 15) is 14.0 Å². The lowest BCUT2D eigenvalue weighted by Crippen LogP contribution is -2.21. The molecule has 0 atom stereocenters. The summed E-state index contributed by atoms with van der Waals surface area (Å²) in [5.74, 6) is -2.31. The molecule has 23 heavy (non-hydrogen) atoms. The van der Waals surface area contributed by atoms with Crippen LogP contribution in [0.2, 0.25) is 10.0 Å². The van der Waals surface area contributed by atoms with Crippen LogP contribution in [0, 0.1) is 5.82 Å². The number of ether oxygens (including phenoxy) is 1. The summed E-state index contributed by atoms with van der Waals surface area (Å²) in [7, 11) is 0. The zero-order valence-electron chi connectivity index (χ0n) is 11.4. The predicted molar refractivity (Wildman–Crippen MR) is 89.5 cm³/mol. The topological polar surface area (TPSA) is 55.4 Å². The average Bonchev–Trinajstić information content (AvgIpc) is 2.49. The molecule has 0 saturated heterocycles. The van der Waals surface area contributed by atoms with Crippen molar-refractivity contribution >= 4 is 56.7 Å². The zero-order chi connectivity index (χ0) is 17.0. The summed E-state index contributed by atoms with van der Waals surface area (Å²) >= 11 is 14.8. The Morgan fingerprint density at radius 2 is 1.96 bits per heavy atom. The van der Waals surface area contributed by atoms with E-state index in [0.29, 0.717) is 4.47 Å². The Morgan fingerprint density at radius 3 is 2.65 bits per heavy atom. The Hall–Kier alpha value is -1.63. The highest BCUT2D eigenvalue weighted by Crippen LogP contribution is 2.29. The summed E-state index contributed by atoms with van der Waals surface area (Å²) in [6.07, 6.45) is 0. The molecule has 2 rings (SSSR count). The van der Waals surface area contributed by atoms with E-state index in [0.717, 1.165) is 6.07 Å². The maximum Gasteiger partial charge on any atom is 0.341 e. The van der Waals surface area contributed by atoms with Crippen molar-refractivity contribution in [2.24, 2.45) is 0 Å². The molecule has 0 saturated carbocycles. The van der Waals surface area contributed by atoms with Crippen LogP contribution in [0.3, 0.4) is 0 Å². The maximum absolute atomic E-state index is 13.6. The maximum atomic E-state index is 13.6. The standard InChI is InChI=1S/C15H9BrCl2FNO3/c16-8-4-5-9(11(19)6-8)15(22)23-7-13(21)20-12-3-1-2-10(17)14(12)18/h1-6H,7H2,(H,20,21). The monoisotopic (exact) mass is 419 g/mol. The third-order valence-electron chi connectivity index (χ3n) is 2.71. The number of amides is 1. The first-order valence-electron chi connectivity index (χ1n) is 6.24. The number of hydrogen-bond donors (Lipinski definition) is 1. The van der Waals surface area contributed by atoms with Gasteiger partial charge in [0.2, 0.25) is 0 Å². The van der Waals surface area contributed by atoms with E-state index < -0.39 is 24.3 Å². The summed E-state index contributed by atoms with van der Waals surface area (Å²) in [6, 6.07) is 8.59. The van der Waals surface area contributed by atoms with Crippen molar-refractivity contribution in [2.75, 3.05) is 11.9 Å². The quantitative estimate of drug-likeness (QED) is 0.730. The van der Waals surface area contributed by atoms with Gasteiger partial charge < -0.3 is 10.1 Å². The molecule has 0 aliphatic carbocycles. The van der Waals surface area contributed by atoms with Crippen LogP contribution >= 0.6 is 39.1 Å². The van der Waals surface area contributed by atoms with Gasteiger partial charge in [-0.15, -0.1) is 0 Å². The minimum Gasteiger partial charge on any atom is -0.452 e. The molecule has 2 aromatic rings. The van der Waals surface area contributed by atoms with Crippen LogP contribution in [-0.2, 0) is 9.53 Å². The third-order valence-corrected chi connectivity index (χ3v) is 4.02. The summed E-state index contributed by atoms with van der Waals surface area (Å²) in [6.45, 7) is -0.586. The van der Waals surface area contributed by atoms with Crippen LogP contribution < -0.4 is 5.32 Å². The van der Waals surface area contributed by atoms with Gasteiger partial charge in [0.05, 0.1) is 21.3 Å². The molecular formula is C15H9BrCl2FNO3. The molecule has 0 aromatic heterocycles. The van der Waals surface area contributed by atoms with E-state index in [1.807, 2.05) is 0 Å². The van der Waals surface area contributed by atoms with E-state index >= 15 is 0 Å². The minimum atomic E-state index is -0.942. The van der Waals surface area contributed by atoms with Crippen LogP contribution in [0.5, 0.6) is 0 Å². The lowest BCUT2D eigenvalue weighted by molar-refractivity contribution is -0.119. The van der Waals surface area contributed by atoms with Crippen LogP contribution in [-0.4, -0.2) is 18.5 Å². The van der Waals surface area contributed by atoms with E-state index in [1.165, 1.54) is 12.1 Å². The molecule has 0 aliphatic rings. The molecule has 2 aromatic carbocycles. The number of halogens is 4. The number of benzene rings is 2. The molecule has 8 heteroatoms. The zero-order valence-corrected chi connectivity index (χ0v) is 14.5. The van der Waals surface area contributed by atoms with Gasteiger partial charge in [-0.1, -0.05) is 45.2 Å². The summed E-state index contributed by atoms with van der Waals surface area (Å²) in [5.41, 5.74) is 0.0248. The smallest absolute Gasteiger partial charge is 0.341 e. The van der Waals surface area contributed by atoms with Gasteiger partial charge in [0.25, 0.3) is 5.91 Å². The largest absolute Gasteiger partial charge is 0.452 e. The number of hydrogen-bond acceptors (Lipinski definition) is 3. The Labute approximate surface area is 149 Å². The second-order valence-electron chi connectivity index (χ2n) is 4.35. The summed E-state index contributed by atoms with van der Waals surface area (Å²) in [4.78, 5) is 23.5. The lowest BCUT2D eigenvalue weighted by Gasteiger charge is -2.09. The van der Waals surface area contributed by atoms with Crippen molar-refractivity contribution in [1.82, 2.24) is 0 Å². The number of esters is 1. The minimum absolute atomic E-state index is 0.174. The van der Waals surface area contributed by atoms with E-state index in [1.54, 1.807) is 18.2 Å². The SMILES string of the molecule is O=C(COC(=O)c1ccc(Br)cc1F)Nc1cccc(Cl)c1Cl. The molecule has 0 unspecified atom stereocenters. The third kappa shape index (κ3) is 4.67. The fourth-order valence-corrected chi connectivity index (χ4v) is 2.33. The normalized spacial score (nSPS) is 10.3. The first-order chi connectivity index (χ1) is 10.9. The van der Waals surface area contributed by atoms with Crippen molar-refractivity contribution in [3.05, 3.63) is 62.3 Å². The van der Waals surface area contributed by atoms with Crippen molar-refractivity contribution in [1.29, 1.82) is 0 Å². The van der Waals surface area contributed by atoms with E-state index in [-0.39, 0.29) is 21.3 Å². The molecule has 0 radical (unpaired) electrons. The number of carbonyl (C=O) groups excluding carboxylic acids is 2. The van der Waals surface area contributed by atoms with Crippen molar-refractivity contribution in [3.63, 3.8) is 0 Å². The van der Waals surface area contributed by atoms with Crippen molar-refractivity contribution in [3.8, 4) is 0 Å². The van der Waals surface area contributed by atoms with Gasteiger partial charge in [-0.3, -0.25) is 4.79 Å². The average molecular weight is 421 g/mol. The number of carbonyl (C=O) groups is 2. The molecule has 120 valence electrons. The molecule has 1 amide bonds. The second kappa shape index (κ2) is 7.77. The van der Waals surface area contributed by atoms with Gasteiger partial charge in [-0.05, 0) is 30.3 Å². The van der Waals surface area contributed by atoms with Gasteiger partial charge >= 0.3 is 5.97 Å². The summed E-state index contributed by atoms with van der Waals surface area (Å²) in [5, 5.41) is 2.90. The first-order valence-corrected chi connectivity index (χ1v) is 7.79. The van der Waals surface area contributed by atoms with Gasteiger partial charge in [0, 0.05) is 4.47 Å². The van der Waals surface area contributed by atoms with Gasteiger partial charge in [-0.25, -0.2) is 9.18 Å². The second-order valence-corrected chi connectivity index (χ2v) is 6.05. The fraction of sp³-hybridized carbons (Fsp3) is 0.0667. The van der Waals surface area contributed by atoms with Crippen LogP contribution in [0.1, 0.15) is 10.4 Å². The van der Waals surface area contributed by atoms with Crippen LogP contribution in [0.4, 0.5) is 10.1 Å². The molecular weight excluding hydrogens is 412 g/mol. The predicted octanol–water partition coefficient (Wildman–Crippen LogP) is 4.69. The highest BCUT2D eigenvalue weighted by atomic mass is 79.9. The van der Waals surface area contributed by atoms with Crippen molar-refractivity contribution in [2.45, 2.75) is 0 Å². The highest BCUT2D eigenvalue weighted by molar-refractivity contribution is 9.10. The number of nitrogens with one attached hydrogen (secondary N) is 1. The van der Waals surface area contributed by atoms with Gasteiger partial charge in [0.15, 0.2) is 6.61 Å². The molecule has 4 nitrogen and oxygen atoms in total. The van der Waals surface area contributed by atoms with Crippen molar-refractivity contribution < 1.29 is 18.7 Å². The molecule has 0 spiro atoms. The fourth-order valence-electron chi connectivity index (χ4n) is 1.65. The summed E-state index contributed by atoms with van der Waals surface area (Å²) < 4.78 is 18.9. The first kappa shape index (κ1) is 17.7. The van der Waals surface area contributed by atoms with E-state index in [2.05, 4.69) is 21.2 Å². The lowest BCUT2D eigenvalue weighted by atomic mass is 10.2. The number of rotatable bonds is 4. The van der Waals surface area contributed by atoms with Crippen LogP contribution in [0.15, 0.2) is 40.9 Å². The Bertz CT molecular complexity index is 770. The van der Waals surface area contributed by atoms with Gasteiger partial charge in [-0.2, -0.15) is 0 Å². The molecule has 1 N–H and O–H groups in total. The molecule has 0 heterocycles. The molecule has 0 aliphatic heterocycles. The van der Waals surface area contributed by atoms with Crippen LogP contribution in [0.25, 0.3) is 0 Å². The Balaban J connectivity index is 1.96. The molecule has 0 bridgehead atoms. The highest BCUT2D eigenvalue weighted by Gasteiger charge is 2.16. The Morgan fingerprint density at radius 1 is 1.22 bits per heavy atom. The van der Waals surface area contributed by atoms with Gasteiger partial charge in [0.1, 0.15) is 5.82 Å². The molecule has 0 fully saturated rings. The van der Waals surface area contributed by atoms with E-state index in [4.69, 9.17) is 27.9 Å². The number of anilines is 1. The Kier molecular flexibility index (Phi) is 5.98.